The largest absolute Gasteiger partial charge is 0.488 e. The Labute approximate surface area is 246 Å². The molecule has 4 aliphatic rings. The van der Waals surface area contributed by atoms with E-state index in [1.165, 1.54) is 33.4 Å². The summed E-state index contributed by atoms with van der Waals surface area (Å²) in [6.45, 7) is 12.5. The van der Waals surface area contributed by atoms with Gasteiger partial charge in [0.05, 0.1) is 17.7 Å². The normalized spacial score (nSPS) is 25.6. The third kappa shape index (κ3) is 4.84. The standard InChI is InChI=1S/C33H39N3O4S/c1-20-4-5-30(27(12-20)29-19-41-32(34-29)36-10-8-33(31(37)38)14-24(33)15-36)40-17-23-13-21(2)28-16-35(25-7-11-39-18-25)9-6-26(28)22(23)3/h4-5,12-13,19,24-25H,6-11,14-18H2,1-3H3,(H,37,38)/t24-,25?,33+/m0/s1. The van der Waals surface area contributed by atoms with Crippen LogP contribution >= 0.6 is 11.3 Å². The SMILES string of the molecule is Cc1ccc(OCc2cc(C)c3c(c2C)CCN(C2CCOC2)C3)c(-c2csc(N3CC[C@@]4(C(=O)O)C[C@H]4C3)n2)c1. The number of fused-ring (bicyclic) bond motifs is 2. The maximum Gasteiger partial charge on any atom is 0.310 e. The molecule has 3 fully saturated rings. The number of benzene rings is 2. The first-order chi connectivity index (χ1) is 19.8. The van der Waals surface area contributed by atoms with Gasteiger partial charge >= 0.3 is 5.97 Å². The number of thiazole rings is 1. The van der Waals surface area contributed by atoms with E-state index in [-0.39, 0.29) is 5.92 Å². The highest BCUT2D eigenvalue weighted by atomic mass is 32.1. The highest BCUT2D eigenvalue weighted by Crippen LogP contribution is 2.58. The van der Waals surface area contributed by atoms with Crippen LogP contribution in [0, 0.1) is 32.1 Å². The third-order valence-corrected chi connectivity index (χ3v) is 11.0. The van der Waals surface area contributed by atoms with Gasteiger partial charge in [0, 0.05) is 49.8 Å². The van der Waals surface area contributed by atoms with Crippen LogP contribution in [-0.2, 0) is 29.1 Å². The number of rotatable bonds is 7. The summed E-state index contributed by atoms with van der Waals surface area (Å²) in [6, 6.07) is 9.20. The molecule has 0 bridgehead atoms. The zero-order valence-corrected chi connectivity index (χ0v) is 25.1. The lowest BCUT2D eigenvalue weighted by Crippen LogP contribution is -2.40. The molecular formula is C33H39N3O4S. The fourth-order valence-corrected chi connectivity index (χ4v) is 8.16. The van der Waals surface area contributed by atoms with Gasteiger partial charge in [0.15, 0.2) is 5.13 Å². The summed E-state index contributed by atoms with van der Waals surface area (Å²) in [5, 5.41) is 12.7. The molecule has 1 N–H and O–H groups in total. The van der Waals surface area contributed by atoms with Crippen LogP contribution < -0.4 is 9.64 Å². The molecule has 3 atom stereocenters. The average Bonchev–Trinajstić information content (AvgIpc) is 3.29. The summed E-state index contributed by atoms with van der Waals surface area (Å²) in [7, 11) is 0. The third-order valence-electron chi connectivity index (χ3n) is 10.1. The Bertz CT molecular complexity index is 1500. The van der Waals surface area contributed by atoms with Crippen molar-refractivity contribution in [1.29, 1.82) is 0 Å². The summed E-state index contributed by atoms with van der Waals surface area (Å²) < 4.78 is 12.2. The smallest absolute Gasteiger partial charge is 0.310 e. The maximum atomic E-state index is 11.7. The second kappa shape index (κ2) is 10.4. The van der Waals surface area contributed by atoms with Crippen LogP contribution in [-0.4, -0.2) is 59.8 Å². The number of hydrogen-bond donors (Lipinski definition) is 1. The van der Waals surface area contributed by atoms with E-state index in [4.69, 9.17) is 14.5 Å². The Kier molecular flexibility index (Phi) is 6.83. The molecule has 7 rings (SSSR count). The summed E-state index contributed by atoms with van der Waals surface area (Å²) >= 11 is 1.64. The van der Waals surface area contributed by atoms with Crippen LogP contribution in [0.15, 0.2) is 29.6 Å². The van der Waals surface area contributed by atoms with Gasteiger partial charge in [-0.25, -0.2) is 4.98 Å². The van der Waals surface area contributed by atoms with Gasteiger partial charge < -0.3 is 19.5 Å². The van der Waals surface area contributed by atoms with Crippen LogP contribution in [0.2, 0.25) is 0 Å². The van der Waals surface area contributed by atoms with Gasteiger partial charge in [-0.05, 0) is 92.3 Å². The summed E-state index contributed by atoms with van der Waals surface area (Å²) in [5.41, 5.74) is 9.57. The Morgan fingerprint density at radius 2 is 2.10 bits per heavy atom. The van der Waals surface area contributed by atoms with E-state index in [2.05, 4.69) is 60.2 Å². The summed E-state index contributed by atoms with van der Waals surface area (Å²) in [4.78, 5) is 21.6. The monoisotopic (exact) mass is 573 g/mol. The molecule has 0 spiro atoms. The molecule has 0 amide bonds. The zero-order valence-electron chi connectivity index (χ0n) is 24.2. The molecule has 1 aromatic heterocycles. The van der Waals surface area contributed by atoms with Gasteiger partial charge in [-0.1, -0.05) is 17.7 Å². The second-order valence-corrected chi connectivity index (χ2v) is 13.4. The number of anilines is 1. The molecule has 1 saturated carbocycles. The van der Waals surface area contributed by atoms with Crippen LogP contribution in [0.1, 0.15) is 52.6 Å². The Balaban J connectivity index is 1.08. The number of aryl methyl sites for hydroxylation is 2. The highest BCUT2D eigenvalue weighted by molar-refractivity contribution is 7.14. The molecule has 8 heteroatoms. The van der Waals surface area contributed by atoms with Crippen molar-refractivity contribution in [3.05, 3.63) is 63.0 Å². The lowest BCUT2D eigenvalue weighted by Gasteiger charge is -2.35. The van der Waals surface area contributed by atoms with E-state index in [9.17, 15) is 9.90 Å². The Hall–Kier alpha value is -2.94. The summed E-state index contributed by atoms with van der Waals surface area (Å²) in [6.07, 6.45) is 3.72. The first kappa shape index (κ1) is 26.9. The first-order valence-corrected chi connectivity index (χ1v) is 15.8. The lowest BCUT2D eigenvalue weighted by molar-refractivity contribution is -0.144. The molecule has 216 valence electrons. The molecule has 4 heterocycles. The van der Waals surface area contributed by atoms with Crippen molar-refractivity contribution in [1.82, 2.24) is 9.88 Å². The van der Waals surface area contributed by atoms with Gasteiger partial charge in [-0.15, -0.1) is 11.3 Å². The van der Waals surface area contributed by atoms with Gasteiger partial charge in [-0.2, -0.15) is 0 Å². The average molecular weight is 574 g/mol. The van der Waals surface area contributed by atoms with Gasteiger partial charge in [0.1, 0.15) is 12.4 Å². The van der Waals surface area contributed by atoms with E-state index >= 15 is 0 Å². The van der Waals surface area contributed by atoms with Crippen LogP contribution in [0.3, 0.4) is 0 Å². The van der Waals surface area contributed by atoms with Crippen molar-refractivity contribution < 1.29 is 19.4 Å². The van der Waals surface area contributed by atoms with E-state index < -0.39 is 11.4 Å². The Morgan fingerprint density at radius 1 is 1.22 bits per heavy atom. The van der Waals surface area contributed by atoms with Crippen molar-refractivity contribution in [2.24, 2.45) is 11.3 Å². The minimum absolute atomic E-state index is 0.238. The van der Waals surface area contributed by atoms with Gasteiger partial charge in [-0.3, -0.25) is 9.69 Å². The second-order valence-electron chi connectivity index (χ2n) is 12.5. The molecule has 1 unspecified atom stereocenters. The topological polar surface area (TPSA) is 75.1 Å². The zero-order chi connectivity index (χ0) is 28.3. The number of hydrogen-bond acceptors (Lipinski definition) is 7. The molecule has 41 heavy (non-hydrogen) atoms. The van der Waals surface area contributed by atoms with E-state index in [1.807, 2.05) is 0 Å². The number of nitrogens with zero attached hydrogens (tertiary/aromatic N) is 3. The number of carbonyl (C=O) groups is 1. The van der Waals surface area contributed by atoms with E-state index in [0.29, 0.717) is 19.1 Å². The Morgan fingerprint density at radius 3 is 2.88 bits per heavy atom. The van der Waals surface area contributed by atoms with Crippen LogP contribution in [0.4, 0.5) is 5.13 Å². The minimum atomic E-state index is -0.631. The van der Waals surface area contributed by atoms with Crippen LogP contribution in [0.25, 0.3) is 11.3 Å². The quantitative estimate of drug-likeness (QED) is 0.385. The van der Waals surface area contributed by atoms with Crippen LogP contribution in [0.5, 0.6) is 5.75 Å². The van der Waals surface area contributed by atoms with Crippen molar-refractivity contribution in [3.63, 3.8) is 0 Å². The molecule has 7 nitrogen and oxygen atoms in total. The molecule has 0 radical (unpaired) electrons. The fourth-order valence-electron chi connectivity index (χ4n) is 7.30. The number of ether oxygens (including phenoxy) is 2. The molecule has 2 aromatic carbocycles. The number of aliphatic carboxylic acids is 1. The van der Waals surface area contributed by atoms with E-state index in [1.54, 1.807) is 11.3 Å². The lowest BCUT2D eigenvalue weighted by atomic mass is 9.88. The highest BCUT2D eigenvalue weighted by Gasteiger charge is 2.62. The minimum Gasteiger partial charge on any atom is -0.488 e. The van der Waals surface area contributed by atoms with Crippen molar-refractivity contribution in [2.45, 2.75) is 65.6 Å². The number of carboxylic acids is 1. The predicted octanol–water partition coefficient (Wildman–Crippen LogP) is 5.76. The number of carboxylic acid groups (broad SMARTS) is 1. The molecule has 3 aromatic rings. The maximum absolute atomic E-state index is 11.7. The van der Waals surface area contributed by atoms with Crippen molar-refractivity contribution in [3.8, 4) is 17.0 Å². The van der Waals surface area contributed by atoms with E-state index in [0.717, 1.165) is 80.8 Å². The first-order valence-electron chi connectivity index (χ1n) is 14.9. The molecule has 3 aliphatic heterocycles. The van der Waals surface area contributed by atoms with Gasteiger partial charge in [0.25, 0.3) is 0 Å². The predicted molar refractivity (Wildman–Crippen MR) is 161 cm³/mol. The number of aromatic nitrogens is 1. The fraction of sp³-hybridized carbons (Fsp3) is 0.515. The molecular weight excluding hydrogens is 534 g/mol. The molecule has 1 aliphatic carbocycles. The van der Waals surface area contributed by atoms with Crippen molar-refractivity contribution in [2.75, 3.05) is 37.7 Å². The number of piperidine rings is 1. The summed E-state index contributed by atoms with van der Waals surface area (Å²) in [5.74, 6) is 0.455. The van der Waals surface area contributed by atoms with Gasteiger partial charge in [0.2, 0.25) is 0 Å². The molecule has 2 saturated heterocycles. The van der Waals surface area contributed by atoms with Crippen molar-refractivity contribution >= 4 is 22.4 Å².